The number of carbonyl (C=O) groups is 2. The number of hydrogen-bond donors (Lipinski definition) is 5. The summed E-state index contributed by atoms with van der Waals surface area (Å²) < 4.78 is 18.5. The number of aryl methyl sites for hydroxylation is 4. The Morgan fingerprint density at radius 2 is 1.29 bits per heavy atom. The van der Waals surface area contributed by atoms with Gasteiger partial charge in [-0.1, -0.05) is 42.8 Å². The maximum absolute atomic E-state index is 14.2. The van der Waals surface area contributed by atoms with Crippen LogP contribution < -0.4 is 37.1 Å². The Hall–Kier alpha value is -7.15. The number of ether oxygens (including phenoxy) is 2. The molecule has 0 unspecified atom stereocenters. The van der Waals surface area contributed by atoms with E-state index >= 15 is 0 Å². The third-order valence-corrected chi connectivity index (χ3v) is 13.9. The monoisotopic (exact) mass is 984 g/mol. The maximum atomic E-state index is 14.2. The molecule has 1 amide bonds. The summed E-state index contributed by atoms with van der Waals surface area (Å²) in [6.45, 7) is 24.9. The molecule has 5 aromatic rings. The highest BCUT2D eigenvalue weighted by Gasteiger charge is 2.56. The standard InChI is InChI=1S/C33H43N5O2.C28H30N2O3/c1-5-36-28-20-30-26(18-22(28)3)33(27-19-23(4)29(37-6-2)21-31(27)40-30)25-13-9-8-12-24(25)32(39)38(33)17-16-35-15-11-7-10-14-34;1-6-29-23-15-25-21(13-17(23)4)27(19-11-9-10-12-20(19)28(31)32-8-3)22-14-18(5)24(30-7-2)16-26(22)33-25/h8-9,12-13,18-21,35-37H,5-7,10-11,14-17,34H2,1-4H3;9-16,29H,6-8H2,1-5H3. The van der Waals surface area contributed by atoms with E-state index in [-0.39, 0.29) is 11.9 Å². The number of benzene rings is 6. The molecule has 6 N–H and O–H groups in total. The zero-order valence-electron chi connectivity index (χ0n) is 44.2. The number of carbonyl (C=O) groups excluding carboxylic acids is 2. The molecule has 0 aromatic heterocycles. The highest BCUT2D eigenvalue weighted by Crippen LogP contribution is 2.59. The summed E-state index contributed by atoms with van der Waals surface area (Å²) in [5.74, 6) is 2.03. The van der Waals surface area contributed by atoms with Crippen molar-refractivity contribution in [3.8, 4) is 33.9 Å². The molecule has 3 aliphatic heterocycles. The Bertz CT molecular complexity index is 3110. The van der Waals surface area contributed by atoms with Crippen molar-refractivity contribution in [3.05, 3.63) is 152 Å². The van der Waals surface area contributed by atoms with Gasteiger partial charge in [-0.05, 0) is 158 Å². The molecule has 0 atom stereocenters. The number of fused-ring (bicyclic) bond motifs is 8. The number of nitrogens with zero attached hydrogens (tertiary/aromatic N) is 2. The van der Waals surface area contributed by atoms with E-state index in [0.717, 1.165) is 164 Å². The van der Waals surface area contributed by atoms with Crippen LogP contribution in [0.5, 0.6) is 11.5 Å². The Morgan fingerprint density at radius 3 is 1.92 bits per heavy atom. The maximum Gasteiger partial charge on any atom is 0.338 e. The van der Waals surface area contributed by atoms with Gasteiger partial charge < -0.3 is 45.8 Å². The minimum absolute atomic E-state index is 0.0566. The fourth-order valence-corrected chi connectivity index (χ4v) is 10.6. The number of amides is 1. The fourth-order valence-electron chi connectivity index (χ4n) is 10.6. The predicted octanol–water partition coefficient (Wildman–Crippen LogP) is 12.1. The number of rotatable bonds is 18. The average molecular weight is 984 g/mol. The molecule has 1 spiro atoms. The van der Waals surface area contributed by atoms with Crippen LogP contribution in [0.3, 0.4) is 0 Å². The van der Waals surface area contributed by atoms with E-state index in [1.54, 1.807) is 0 Å². The second-order valence-electron chi connectivity index (χ2n) is 18.8. The summed E-state index contributed by atoms with van der Waals surface area (Å²) in [6, 6.07) is 32.6. The van der Waals surface area contributed by atoms with Crippen LogP contribution in [-0.2, 0) is 10.3 Å². The van der Waals surface area contributed by atoms with Crippen LogP contribution in [0.1, 0.15) is 114 Å². The van der Waals surface area contributed by atoms with Crippen LogP contribution in [0.15, 0.2) is 106 Å². The van der Waals surface area contributed by atoms with Crippen molar-refractivity contribution in [2.45, 2.75) is 87.1 Å². The first-order valence-electron chi connectivity index (χ1n) is 26.3. The van der Waals surface area contributed by atoms with Crippen molar-refractivity contribution < 1.29 is 23.5 Å². The lowest BCUT2D eigenvalue weighted by molar-refractivity contribution is 0.0526. The number of hydrogen-bond acceptors (Lipinski definition) is 11. The molecule has 12 nitrogen and oxygen atoms in total. The Labute approximate surface area is 431 Å². The third kappa shape index (κ3) is 10.2. The molecule has 0 saturated carbocycles. The van der Waals surface area contributed by atoms with Crippen molar-refractivity contribution in [1.29, 1.82) is 0 Å². The highest BCUT2D eigenvalue weighted by molar-refractivity contribution is 6.08. The number of anilines is 3. The smallest absolute Gasteiger partial charge is 0.338 e. The molecular weight excluding hydrogens is 911 g/mol. The van der Waals surface area contributed by atoms with Gasteiger partial charge in [0.1, 0.15) is 28.4 Å². The molecule has 9 rings (SSSR count). The normalized spacial score (nSPS) is 13.3. The van der Waals surface area contributed by atoms with E-state index in [2.05, 4.69) is 122 Å². The summed E-state index contributed by atoms with van der Waals surface area (Å²) in [5.41, 5.74) is 20.2. The van der Waals surface area contributed by atoms with Crippen LogP contribution in [0.25, 0.3) is 33.4 Å². The zero-order valence-corrected chi connectivity index (χ0v) is 44.2. The van der Waals surface area contributed by atoms with Gasteiger partial charge in [-0.15, -0.1) is 0 Å². The number of esters is 1. The molecule has 0 radical (unpaired) electrons. The van der Waals surface area contributed by atoms with Gasteiger partial charge in [-0.2, -0.15) is 0 Å². The summed E-state index contributed by atoms with van der Waals surface area (Å²) in [5, 5.41) is 15.8. The Morgan fingerprint density at radius 1 is 0.671 bits per heavy atom. The molecule has 4 aliphatic rings. The lowest BCUT2D eigenvalue weighted by atomic mass is 9.73. The van der Waals surface area contributed by atoms with E-state index in [1.807, 2.05) is 68.4 Å². The van der Waals surface area contributed by atoms with Crippen LogP contribution in [0.4, 0.5) is 17.1 Å². The SMILES string of the molecule is CCN=c1cc2oc3cc(NCC)c(C)cc3c(-c3ccccc3C(=O)OCC)c-2cc1C.CCNc1cc2c(cc1C)C1(c3cc(C)c(NCC)cc3O2)c2ccccc2C(=O)N1CCNCCCCCN. The van der Waals surface area contributed by atoms with E-state index in [0.29, 0.717) is 31.8 Å². The van der Waals surface area contributed by atoms with Crippen LogP contribution in [0, 0.1) is 27.7 Å². The average Bonchev–Trinajstić information content (AvgIpc) is 3.62. The van der Waals surface area contributed by atoms with Crippen LogP contribution in [-0.4, -0.2) is 75.7 Å². The van der Waals surface area contributed by atoms with E-state index in [9.17, 15) is 9.59 Å². The molecule has 1 aliphatic carbocycles. The van der Waals surface area contributed by atoms with Crippen LogP contribution in [0.2, 0.25) is 0 Å². The minimum atomic E-state index is -0.789. The molecule has 5 aromatic carbocycles. The first-order chi connectivity index (χ1) is 35.4. The number of nitrogens with two attached hydrogens (primary N) is 1. The molecule has 0 saturated heterocycles. The van der Waals surface area contributed by atoms with Gasteiger partial charge in [0.05, 0.1) is 17.5 Å². The van der Waals surface area contributed by atoms with E-state index < -0.39 is 5.54 Å². The third-order valence-electron chi connectivity index (χ3n) is 13.9. The zero-order chi connectivity index (χ0) is 51.8. The summed E-state index contributed by atoms with van der Waals surface area (Å²) >= 11 is 0. The molecule has 382 valence electrons. The molecule has 12 heteroatoms. The molecular formula is C61H73N7O5. The predicted molar refractivity (Wildman–Crippen MR) is 298 cm³/mol. The van der Waals surface area contributed by atoms with Gasteiger partial charge >= 0.3 is 5.97 Å². The minimum Gasteiger partial charge on any atom is -0.462 e. The summed E-state index contributed by atoms with van der Waals surface area (Å²) in [7, 11) is 0. The Balaban J connectivity index is 0.000000199. The van der Waals surface area contributed by atoms with Crippen molar-refractivity contribution in [2.24, 2.45) is 10.7 Å². The van der Waals surface area contributed by atoms with Gasteiger partial charge in [-0.3, -0.25) is 9.79 Å². The van der Waals surface area contributed by atoms with E-state index in [1.165, 1.54) is 0 Å². The van der Waals surface area contributed by atoms with Gasteiger partial charge in [0, 0.05) is 114 Å². The first-order valence-corrected chi connectivity index (χ1v) is 26.3. The molecule has 0 bridgehead atoms. The summed E-state index contributed by atoms with van der Waals surface area (Å²) in [4.78, 5) is 33.8. The largest absolute Gasteiger partial charge is 0.462 e. The highest BCUT2D eigenvalue weighted by atomic mass is 16.5. The number of unbranched alkanes of at least 4 members (excludes halogenated alkanes) is 2. The fraction of sp³-hybridized carbons (Fsp3) is 0.361. The van der Waals surface area contributed by atoms with Gasteiger partial charge in [0.15, 0.2) is 0 Å². The second kappa shape index (κ2) is 23.2. The quantitative estimate of drug-likeness (QED) is 0.0319. The van der Waals surface area contributed by atoms with Crippen molar-refractivity contribution in [1.82, 2.24) is 10.2 Å². The van der Waals surface area contributed by atoms with Crippen molar-refractivity contribution >= 4 is 39.9 Å². The van der Waals surface area contributed by atoms with Crippen LogP contribution >= 0.6 is 0 Å². The van der Waals surface area contributed by atoms with Gasteiger partial charge in [0.2, 0.25) is 0 Å². The topological polar surface area (TPSA) is 155 Å². The second-order valence-corrected chi connectivity index (χ2v) is 18.8. The Kier molecular flexibility index (Phi) is 16.6. The van der Waals surface area contributed by atoms with Gasteiger partial charge in [-0.25, -0.2) is 4.79 Å². The molecule has 0 fully saturated rings. The first kappa shape index (κ1) is 52.2. The molecule has 73 heavy (non-hydrogen) atoms. The molecule has 3 heterocycles. The lowest BCUT2D eigenvalue weighted by Crippen LogP contribution is -2.49. The van der Waals surface area contributed by atoms with Gasteiger partial charge in [0.25, 0.3) is 5.91 Å². The van der Waals surface area contributed by atoms with Crippen molar-refractivity contribution in [3.63, 3.8) is 0 Å². The number of nitrogens with one attached hydrogen (secondary N) is 4. The van der Waals surface area contributed by atoms with Crippen molar-refractivity contribution in [2.75, 3.05) is 74.9 Å². The summed E-state index contributed by atoms with van der Waals surface area (Å²) in [6.07, 6.45) is 3.23. The van der Waals surface area contributed by atoms with E-state index in [4.69, 9.17) is 19.6 Å². The lowest BCUT2D eigenvalue weighted by Gasteiger charge is -2.45.